The molecule has 12 heteroatoms. The molecular formula is C26H27F3N8O. The van der Waals surface area contributed by atoms with Gasteiger partial charge in [-0.1, -0.05) is 6.07 Å². The van der Waals surface area contributed by atoms with Crippen molar-refractivity contribution >= 4 is 28.7 Å². The molecule has 1 saturated heterocycles. The Kier molecular flexibility index (Phi) is 6.98. The zero-order chi connectivity index (χ0) is 26.9. The molecule has 9 nitrogen and oxygen atoms in total. The van der Waals surface area contributed by atoms with Gasteiger partial charge in [-0.2, -0.15) is 13.2 Å². The first-order valence-electron chi connectivity index (χ1n) is 12.2. The van der Waals surface area contributed by atoms with Crippen molar-refractivity contribution in [3.8, 4) is 11.3 Å². The number of nitrogens with one attached hydrogen (secondary N) is 2. The maximum Gasteiger partial charge on any atom is 0.397 e. The molecule has 4 aromatic rings. The van der Waals surface area contributed by atoms with Gasteiger partial charge in [0.15, 0.2) is 0 Å². The monoisotopic (exact) mass is 524 g/mol. The van der Waals surface area contributed by atoms with Crippen molar-refractivity contribution in [2.45, 2.75) is 32.5 Å². The fourth-order valence-corrected chi connectivity index (χ4v) is 4.59. The van der Waals surface area contributed by atoms with Gasteiger partial charge < -0.3 is 15.2 Å². The molecule has 1 aliphatic heterocycles. The summed E-state index contributed by atoms with van der Waals surface area (Å²) in [6, 6.07) is 11.6. The number of piperazine rings is 1. The highest BCUT2D eigenvalue weighted by molar-refractivity contribution is 5.83. The highest BCUT2D eigenvalue weighted by Gasteiger charge is 2.35. The van der Waals surface area contributed by atoms with E-state index in [1.165, 1.54) is 4.90 Å². The Labute approximate surface area is 217 Å². The van der Waals surface area contributed by atoms with E-state index in [2.05, 4.69) is 35.1 Å². The number of carbonyl (C=O) groups excluding carboxylic acids is 1. The van der Waals surface area contributed by atoms with Crippen molar-refractivity contribution in [3.05, 3.63) is 60.2 Å². The third-order valence-electron chi connectivity index (χ3n) is 6.66. The number of aromatic nitrogens is 5. The van der Waals surface area contributed by atoms with E-state index in [0.29, 0.717) is 24.9 Å². The normalized spacial score (nSPS) is 15.6. The first-order valence-corrected chi connectivity index (χ1v) is 12.2. The molecule has 1 atom stereocenters. The number of carbonyl (C=O) groups is 1. The third-order valence-corrected chi connectivity index (χ3v) is 6.66. The van der Waals surface area contributed by atoms with E-state index in [9.17, 15) is 18.0 Å². The number of nitrogens with zero attached hydrogens (tertiary/aromatic N) is 6. The maximum absolute atomic E-state index is 12.6. The number of hydrogen-bond donors (Lipinski definition) is 2. The smallest absolute Gasteiger partial charge is 0.340 e. The maximum atomic E-state index is 12.6. The molecule has 5 rings (SSSR count). The summed E-state index contributed by atoms with van der Waals surface area (Å²) in [5, 5.41) is 3.22. The van der Waals surface area contributed by atoms with Crippen molar-refractivity contribution in [1.29, 1.82) is 0 Å². The molecule has 4 heterocycles. The van der Waals surface area contributed by atoms with Crippen LogP contribution in [-0.2, 0) is 4.79 Å². The number of hydrogen-bond acceptors (Lipinski definition) is 7. The van der Waals surface area contributed by atoms with Gasteiger partial charge in [-0.15, -0.1) is 0 Å². The van der Waals surface area contributed by atoms with Crippen LogP contribution in [0.5, 0.6) is 0 Å². The number of fused-ring (bicyclic) bond motifs is 1. The first-order chi connectivity index (χ1) is 18.1. The number of aryl methyl sites for hydroxylation is 1. The Morgan fingerprint density at radius 2 is 1.87 bits per heavy atom. The molecule has 198 valence electrons. The van der Waals surface area contributed by atoms with Crippen molar-refractivity contribution < 1.29 is 18.0 Å². The topological polar surface area (TPSA) is 103 Å². The molecule has 0 bridgehead atoms. The van der Waals surface area contributed by atoms with Crippen LogP contribution in [0.2, 0.25) is 0 Å². The molecule has 0 saturated carbocycles. The molecule has 1 amide bonds. The van der Waals surface area contributed by atoms with E-state index in [1.807, 2.05) is 50.2 Å². The summed E-state index contributed by atoms with van der Waals surface area (Å²) < 4.78 is 37.7. The van der Waals surface area contributed by atoms with Crippen LogP contribution >= 0.6 is 0 Å². The number of halogens is 3. The van der Waals surface area contributed by atoms with Crippen molar-refractivity contribution in [1.82, 2.24) is 34.7 Å². The van der Waals surface area contributed by atoms with Crippen LogP contribution in [0.25, 0.3) is 22.3 Å². The number of alkyl halides is 3. The Morgan fingerprint density at radius 3 is 2.61 bits per heavy atom. The minimum absolute atomic E-state index is 0.00651. The van der Waals surface area contributed by atoms with Crippen LogP contribution in [0.15, 0.2) is 48.9 Å². The Hall–Kier alpha value is -4.06. The molecule has 2 N–H and O–H groups in total. The summed E-state index contributed by atoms with van der Waals surface area (Å²) in [4.78, 5) is 36.1. The number of amides is 1. The quantitative estimate of drug-likeness (QED) is 0.379. The summed E-state index contributed by atoms with van der Waals surface area (Å²) >= 11 is 0. The molecule has 0 radical (unpaired) electrons. The summed E-state index contributed by atoms with van der Waals surface area (Å²) in [5.41, 5.74) is 5.31. The van der Waals surface area contributed by atoms with E-state index >= 15 is 0 Å². The predicted octanol–water partition coefficient (Wildman–Crippen LogP) is 4.62. The fraction of sp³-hybridized carbons (Fsp3) is 0.346. The average molecular weight is 525 g/mol. The first kappa shape index (κ1) is 25.6. The van der Waals surface area contributed by atoms with Gasteiger partial charge >= 0.3 is 6.18 Å². The molecule has 3 aromatic heterocycles. The Balaban J connectivity index is 1.24. The minimum atomic E-state index is -4.49. The van der Waals surface area contributed by atoms with Gasteiger partial charge in [0, 0.05) is 49.7 Å². The molecule has 0 spiro atoms. The predicted molar refractivity (Wildman–Crippen MR) is 137 cm³/mol. The molecule has 1 fully saturated rings. The second kappa shape index (κ2) is 10.4. The standard InChI is InChI=1S/C26H27F3N8O/c1-16-11-21(32-15-31-16)19-3-4-20-22(12-19)34-25(33-20)35-23-13-18(5-6-30-23)17(2)36-7-9-37(10-8-36)24(38)14-26(27,28)29/h3-6,11-13,15,17H,7-10,14H2,1-2H3,(H2,30,33,34,35)/t17-/m0/s1. The van der Waals surface area contributed by atoms with Gasteiger partial charge in [0.25, 0.3) is 0 Å². The van der Waals surface area contributed by atoms with E-state index in [1.54, 1.807) is 12.5 Å². The van der Waals surface area contributed by atoms with Crippen LogP contribution in [0.4, 0.5) is 24.9 Å². The number of H-pyrrole nitrogens is 1. The lowest BCUT2D eigenvalue weighted by Gasteiger charge is -2.38. The van der Waals surface area contributed by atoms with E-state index < -0.39 is 18.5 Å². The summed E-state index contributed by atoms with van der Waals surface area (Å²) in [7, 11) is 0. The number of anilines is 2. The van der Waals surface area contributed by atoms with Crippen LogP contribution in [0, 0.1) is 6.92 Å². The van der Waals surface area contributed by atoms with Crippen molar-refractivity contribution in [2.75, 3.05) is 31.5 Å². The lowest BCUT2D eigenvalue weighted by molar-refractivity contribution is -0.162. The molecule has 0 unspecified atom stereocenters. The SMILES string of the molecule is Cc1cc(-c2ccc3nc(Nc4cc([C@H](C)N5CCN(C(=O)CC(F)(F)F)CC5)ccn4)[nH]c3c2)ncn1. The van der Waals surface area contributed by atoms with Gasteiger partial charge in [0.2, 0.25) is 11.9 Å². The highest BCUT2D eigenvalue weighted by atomic mass is 19.4. The minimum Gasteiger partial charge on any atom is -0.340 e. The van der Waals surface area contributed by atoms with Gasteiger partial charge in [-0.3, -0.25) is 9.69 Å². The Morgan fingerprint density at radius 1 is 1.08 bits per heavy atom. The van der Waals surface area contributed by atoms with Gasteiger partial charge in [0.1, 0.15) is 18.6 Å². The number of benzene rings is 1. The second-order valence-electron chi connectivity index (χ2n) is 9.35. The summed E-state index contributed by atoms with van der Waals surface area (Å²) in [6.45, 7) is 5.48. The number of pyridine rings is 1. The second-order valence-corrected chi connectivity index (χ2v) is 9.35. The molecule has 0 aliphatic carbocycles. The lowest BCUT2D eigenvalue weighted by Crippen LogP contribution is -2.50. The van der Waals surface area contributed by atoms with Gasteiger partial charge in [-0.25, -0.2) is 19.9 Å². The van der Waals surface area contributed by atoms with Crippen molar-refractivity contribution in [3.63, 3.8) is 0 Å². The Bertz CT molecular complexity index is 1450. The molecular weight excluding hydrogens is 497 g/mol. The number of rotatable bonds is 6. The van der Waals surface area contributed by atoms with Crippen LogP contribution in [-0.4, -0.2) is 73.0 Å². The lowest BCUT2D eigenvalue weighted by atomic mass is 10.1. The zero-order valence-corrected chi connectivity index (χ0v) is 21.0. The molecule has 1 aliphatic rings. The van der Waals surface area contributed by atoms with E-state index in [0.717, 1.165) is 33.5 Å². The molecule has 38 heavy (non-hydrogen) atoms. The average Bonchev–Trinajstić information content (AvgIpc) is 3.29. The zero-order valence-electron chi connectivity index (χ0n) is 21.0. The van der Waals surface area contributed by atoms with Crippen LogP contribution < -0.4 is 5.32 Å². The third kappa shape index (κ3) is 5.91. The van der Waals surface area contributed by atoms with Crippen LogP contribution in [0.1, 0.15) is 30.6 Å². The van der Waals surface area contributed by atoms with Crippen LogP contribution in [0.3, 0.4) is 0 Å². The number of imidazole rings is 1. The summed E-state index contributed by atoms with van der Waals surface area (Å²) in [5.74, 6) is 0.287. The van der Waals surface area contributed by atoms with E-state index in [-0.39, 0.29) is 19.1 Å². The number of aromatic amines is 1. The highest BCUT2D eigenvalue weighted by Crippen LogP contribution is 2.27. The largest absolute Gasteiger partial charge is 0.397 e. The van der Waals surface area contributed by atoms with Gasteiger partial charge in [0.05, 0.1) is 16.7 Å². The van der Waals surface area contributed by atoms with Crippen molar-refractivity contribution in [2.24, 2.45) is 0 Å². The molecule has 1 aromatic carbocycles. The van der Waals surface area contributed by atoms with E-state index in [4.69, 9.17) is 0 Å². The summed E-state index contributed by atoms with van der Waals surface area (Å²) in [6.07, 6.45) is -2.65. The fourth-order valence-electron chi connectivity index (χ4n) is 4.59. The van der Waals surface area contributed by atoms with Gasteiger partial charge in [-0.05, 0) is 49.7 Å².